The highest BCUT2D eigenvalue weighted by atomic mass is 32.2. The fourth-order valence-corrected chi connectivity index (χ4v) is 3.89. The predicted octanol–water partition coefficient (Wildman–Crippen LogP) is 3.53. The van der Waals surface area contributed by atoms with Crippen molar-refractivity contribution in [1.82, 2.24) is 10.2 Å². The Balaban J connectivity index is 1.31. The van der Waals surface area contributed by atoms with Crippen LogP contribution in [-0.2, 0) is 19.6 Å². The van der Waals surface area contributed by atoms with Gasteiger partial charge in [-0.25, -0.2) is 4.99 Å². The van der Waals surface area contributed by atoms with Crippen molar-refractivity contribution in [1.29, 1.82) is 0 Å². The molecule has 0 atom stereocenters. The topological polar surface area (TPSA) is 27.6 Å². The smallest absolute Gasteiger partial charge is 0.162 e. The summed E-state index contributed by atoms with van der Waals surface area (Å²) < 4.78 is 0. The summed E-state index contributed by atoms with van der Waals surface area (Å²) in [6.45, 7) is 4.15. The van der Waals surface area contributed by atoms with E-state index < -0.39 is 0 Å². The van der Waals surface area contributed by atoms with E-state index in [0.29, 0.717) is 0 Å². The van der Waals surface area contributed by atoms with E-state index in [-0.39, 0.29) is 0 Å². The van der Waals surface area contributed by atoms with Crippen LogP contribution in [0.25, 0.3) is 0 Å². The summed E-state index contributed by atoms with van der Waals surface area (Å²) in [5, 5.41) is 4.46. The molecule has 0 aromatic heterocycles. The maximum Gasteiger partial charge on any atom is 0.162 e. The number of thioether (sulfide) groups is 1. The zero-order valence-electron chi connectivity index (χ0n) is 12.5. The van der Waals surface area contributed by atoms with Crippen LogP contribution in [0.2, 0.25) is 0 Å². The lowest BCUT2D eigenvalue weighted by atomic mass is 10.1. The van der Waals surface area contributed by atoms with Crippen LogP contribution in [0, 0.1) is 0 Å². The summed E-state index contributed by atoms with van der Waals surface area (Å²) in [4.78, 5) is 7.21. The first-order valence-electron chi connectivity index (χ1n) is 7.71. The monoisotopic (exact) mass is 309 g/mol. The molecule has 1 N–H and O–H groups in total. The first-order chi connectivity index (χ1) is 10.9. The normalized spacial score (nSPS) is 16.6. The molecule has 3 nitrogen and oxygen atoms in total. The first kappa shape index (κ1) is 13.9. The van der Waals surface area contributed by atoms with Crippen LogP contribution in [0.1, 0.15) is 16.7 Å². The molecule has 0 saturated heterocycles. The fraction of sp³-hybridized carbons (Fsp3) is 0.278. The zero-order valence-corrected chi connectivity index (χ0v) is 13.3. The van der Waals surface area contributed by atoms with Crippen LogP contribution in [-0.4, -0.2) is 22.4 Å². The Labute approximate surface area is 135 Å². The third-order valence-corrected chi connectivity index (χ3v) is 5.09. The predicted molar refractivity (Wildman–Crippen MR) is 93.4 cm³/mol. The molecule has 0 radical (unpaired) electrons. The van der Waals surface area contributed by atoms with Gasteiger partial charge in [-0.2, -0.15) is 0 Å². The molecule has 0 fully saturated rings. The lowest BCUT2D eigenvalue weighted by Crippen LogP contribution is -2.25. The van der Waals surface area contributed by atoms with Gasteiger partial charge in [-0.05, 0) is 22.8 Å². The van der Waals surface area contributed by atoms with E-state index in [1.165, 1.54) is 16.7 Å². The third-order valence-electron chi connectivity index (χ3n) is 4.20. The lowest BCUT2D eigenvalue weighted by molar-refractivity contribution is 0.303. The van der Waals surface area contributed by atoms with Gasteiger partial charge in [0.1, 0.15) is 0 Å². The molecular weight excluding hydrogens is 290 g/mol. The van der Waals surface area contributed by atoms with E-state index in [2.05, 4.69) is 58.7 Å². The van der Waals surface area contributed by atoms with Crippen molar-refractivity contribution in [3.63, 3.8) is 0 Å². The largest absolute Gasteiger partial charge is 0.360 e. The number of aliphatic imine (C=N–C) groups is 1. The van der Waals surface area contributed by atoms with Gasteiger partial charge in [-0.1, -0.05) is 54.2 Å². The summed E-state index contributed by atoms with van der Waals surface area (Å²) in [5.41, 5.74) is 5.35. The number of nitrogens with zero attached hydrogens (tertiary/aromatic N) is 2. The molecule has 0 unspecified atom stereocenters. The second kappa shape index (κ2) is 6.15. The SMILES string of the molecule is c1ccc2c(c1)CN(CCSC1=Nc3ccccc3CN1)C2. The molecule has 112 valence electrons. The highest BCUT2D eigenvalue weighted by Crippen LogP contribution is 2.25. The second-order valence-corrected chi connectivity index (χ2v) is 6.81. The van der Waals surface area contributed by atoms with Gasteiger partial charge in [0.15, 0.2) is 5.17 Å². The van der Waals surface area contributed by atoms with Crippen molar-refractivity contribution < 1.29 is 0 Å². The van der Waals surface area contributed by atoms with E-state index in [1.807, 2.05) is 11.8 Å². The van der Waals surface area contributed by atoms with Gasteiger partial charge in [0.05, 0.1) is 5.69 Å². The van der Waals surface area contributed by atoms with Crippen LogP contribution >= 0.6 is 11.8 Å². The molecule has 4 heteroatoms. The summed E-state index contributed by atoms with van der Waals surface area (Å²) in [6.07, 6.45) is 0. The number of hydrogen-bond donors (Lipinski definition) is 1. The second-order valence-electron chi connectivity index (χ2n) is 5.73. The van der Waals surface area contributed by atoms with Gasteiger partial charge < -0.3 is 5.32 Å². The number of fused-ring (bicyclic) bond motifs is 2. The average Bonchev–Trinajstić information content (AvgIpc) is 2.97. The first-order valence-corrected chi connectivity index (χ1v) is 8.69. The Kier molecular flexibility index (Phi) is 3.87. The highest BCUT2D eigenvalue weighted by molar-refractivity contribution is 8.13. The van der Waals surface area contributed by atoms with Crippen LogP contribution in [0.5, 0.6) is 0 Å². The van der Waals surface area contributed by atoms with Crippen molar-refractivity contribution in [3.8, 4) is 0 Å². The van der Waals surface area contributed by atoms with Gasteiger partial charge in [-0.15, -0.1) is 0 Å². The van der Waals surface area contributed by atoms with Gasteiger partial charge in [0.2, 0.25) is 0 Å². The zero-order chi connectivity index (χ0) is 14.8. The number of hydrogen-bond acceptors (Lipinski definition) is 4. The van der Waals surface area contributed by atoms with E-state index in [0.717, 1.165) is 42.8 Å². The van der Waals surface area contributed by atoms with E-state index in [4.69, 9.17) is 4.99 Å². The number of rotatable bonds is 3. The minimum Gasteiger partial charge on any atom is -0.360 e. The molecule has 2 heterocycles. The molecule has 0 bridgehead atoms. The van der Waals surface area contributed by atoms with Crippen molar-refractivity contribution in [3.05, 3.63) is 65.2 Å². The molecule has 0 amide bonds. The summed E-state index contributed by atoms with van der Waals surface area (Å²) >= 11 is 1.82. The Hall–Kier alpha value is -1.78. The number of benzene rings is 2. The van der Waals surface area contributed by atoms with Gasteiger partial charge >= 0.3 is 0 Å². The molecular formula is C18H19N3S. The minimum absolute atomic E-state index is 0.886. The standard InChI is InChI=1S/C18H19N3S/c1-2-7-16-13-21(12-15(16)6-1)9-10-22-18-19-11-14-5-3-4-8-17(14)20-18/h1-8H,9-13H2,(H,19,20). The van der Waals surface area contributed by atoms with E-state index >= 15 is 0 Å². The number of para-hydroxylation sites is 1. The van der Waals surface area contributed by atoms with Crippen LogP contribution < -0.4 is 5.32 Å². The van der Waals surface area contributed by atoms with Crippen molar-refractivity contribution in [2.75, 3.05) is 12.3 Å². The molecule has 4 rings (SSSR count). The molecule has 0 aliphatic carbocycles. The lowest BCUT2D eigenvalue weighted by Gasteiger charge is -2.18. The van der Waals surface area contributed by atoms with Gasteiger partial charge in [-0.3, -0.25) is 4.90 Å². The Morgan fingerprint density at radius 2 is 1.64 bits per heavy atom. The Bertz CT molecular complexity index is 686. The summed E-state index contributed by atoms with van der Waals surface area (Å²) in [7, 11) is 0. The quantitative estimate of drug-likeness (QED) is 0.940. The van der Waals surface area contributed by atoms with E-state index in [9.17, 15) is 0 Å². The Morgan fingerprint density at radius 1 is 0.955 bits per heavy atom. The maximum absolute atomic E-state index is 4.70. The van der Waals surface area contributed by atoms with Gasteiger partial charge in [0.25, 0.3) is 0 Å². The molecule has 2 aliphatic rings. The van der Waals surface area contributed by atoms with E-state index in [1.54, 1.807) is 0 Å². The molecule has 2 aliphatic heterocycles. The average molecular weight is 309 g/mol. The fourth-order valence-electron chi connectivity index (χ4n) is 3.01. The van der Waals surface area contributed by atoms with Gasteiger partial charge in [0, 0.05) is 31.9 Å². The molecule has 0 spiro atoms. The molecule has 0 saturated carbocycles. The summed E-state index contributed by atoms with van der Waals surface area (Å²) in [6, 6.07) is 17.1. The minimum atomic E-state index is 0.886. The van der Waals surface area contributed by atoms with Crippen LogP contribution in [0.3, 0.4) is 0 Å². The summed E-state index contributed by atoms with van der Waals surface area (Å²) in [5.74, 6) is 1.07. The number of nitrogens with one attached hydrogen (secondary N) is 1. The molecule has 2 aromatic rings. The molecule has 2 aromatic carbocycles. The number of amidine groups is 1. The van der Waals surface area contributed by atoms with Crippen molar-refractivity contribution in [2.45, 2.75) is 19.6 Å². The van der Waals surface area contributed by atoms with Crippen LogP contribution in [0.4, 0.5) is 5.69 Å². The van der Waals surface area contributed by atoms with Crippen molar-refractivity contribution in [2.24, 2.45) is 4.99 Å². The maximum atomic E-state index is 4.70. The van der Waals surface area contributed by atoms with Crippen LogP contribution in [0.15, 0.2) is 53.5 Å². The highest BCUT2D eigenvalue weighted by Gasteiger charge is 2.18. The third kappa shape index (κ3) is 2.89. The Morgan fingerprint density at radius 3 is 2.41 bits per heavy atom. The molecule has 22 heavy (non-hydrogen) atoms. The van der Waals surface area contributed by atoms with Crippen molar-refractivity contribution >= 4 is 22.6 Å².